The van der Waals surface area contributed by atoms with E-state index >= 15 is 0 Å². The Morgan fingerprint density at radius 2 is 2.00 bits per heavy atom. The fraction of sp³-hybridized carbons (Fsp3) is 0.154. The predicted molar refractivity (Wildman–Crippen MR) is 78.0 cm³/mol. The van der Waals surface area contributed by atoms with Crippen molar-refractivity contribution >= 4 is 27.3 Å². The first-order chi connectivity index (χ1) is 9.95. The molecule has 2 aromatic rings. The summed E-state index contributed by atoms with van der Waals surface area (Å²) in [5.41, 5.74) is 0. The number of carboxylic acid groups (broad SMARTS) is 1. The minimum absolute atomic E-state index is 0.102. The molecule has 2 N–H and O–H groups in total. The molecule has 1 atom stereocenters. The molecule has 1 heterocycles. The van der Waals surface area contributed by atoms with E-state index in [1.807, 2.05) is 0 Å². The van der Waals surface area contributed by atoms with Gasteiger partial charge in [0.15, 0.2) is 6.04 Å². The zero-order valence-electron chi connectivity index (χ0n) is 11.0. The van der Waals surface area contributed by atoms with E-state index in [1.165, 1.54) is 36.6 Å². The van der Waals surface area contributed by atoms with Crippen LogP contribution in [0.3, 0.4) is 0 Å². The van der Waals surface area contributed by atoms with Crippen molar-refractivity contribution in [1.29, 1.82) is 0 Å². The lowest BCUT2D eigenvalue weighted by atomic mass is 10.3. The van der Waals surface area contributed by atoms with Gasteiger partial charge >= 0.3 is 5.97 Å². The number of carboxylic acids is 1. The van der Waals surface area contributed by atoms with Crippen LogP contribution in [0, 0.1) is 0 Å². The number of hydrogen-bond donors (Lipinski definition) is 2. The number of benzene rings is 1. The Kier molecular flexibility index (Phi) is 4.61. The number of ether oxygens (including phenoxy) is 1. The number of nitrogens with one attached hydrogen (secondary N) is 1. The molecule has 0 radical (unpaired) electrons. The Hall–Kier alpha value is -1.90. The first kappa shape index (κ1) is 15.5. The molecule has 0 saturated carbocycles. The van der Waals surface area contributed by atoms with E-state index < -0.39 is 22.0 Å². The third kappa shape index (κ3) is 3.41. The number of para-hydroxylation sites is 1. The summed E-state index contributed by atoms with van der Waals surface area (Å²) in [4.78, 5) is 11.6. The monoisotopic (exact) mass is 327 g/mol. The zero-order chi connectivity index (χ0) is 15.5. The van der Waals surface area contributed by atoms with Gasteiger partial charge in [-0.05, 0) is 23.6 Å². The van der Waals surface area contributed by atoms with Gasteiger partial charge in [-0.3, -0.25) is 4.79 Å². The van der Waals surface area contributed by atoms with Crippen molar-refractivity contribution in [2.75, 3.05) is 7.11 Å². The van der Waals surface area contributed by atoms with Crippen LogP contribution < -0.4 is 9.46 Å². The highest BCUT2D eigenvalue weighted by Crippen LogP contribution is 2.26. The maximum atomic E-state index is 12.4. The minimum atomic E-state index is -4.02. The maximum absolute atomic E-state index is 12.4. The molecule has 6 nitrogen and oxygen atoms in total. The van der Waals surface area contributed by atoms with Crippen molar-refractivity contribution in [1.82, 2.24) is 4.72 Å². The molecule has 0 amide bonds. The fourth-order valence-electron chi connectivity index (χ4n) is 1.75. The SMILES string of the molecule is COc1ccccc1S(=O)(=O)NC(C(=O)O)c1cccs1. The van der Waals surface area contributed by atoms with Gasteiger partial charge in [0.2, 0.25) is 10.0 Å². The standard InChI is InChI=1S/C13H13NO5S2/c1-19-9-5-2-3-7-11(9)21(17,18)14-12(13(15)16)10-6-4-8-20-10/h2-8,12,14H,1H3,(H,15,16). The summed E-state index contributed by atoms with van der Waals surface area (Å²) in [7, 11) is -2.67. The van der Waals surface area contributed by atoms with Crippen LogP contribution in [0.1, 0.15) is 10.9 Å². The lowest BCUT2D eigenvalue weighted by Crippen LogP contribution is -2.33. The molecule has 1 aromatic carbocycles. The summed E-state index contributed by atoms with van der Waals surface area (Å²) in [5.74, 6) is -1.11. The second-order valence-electron chi connectivity index (χ2n) is 4.06. The highest BCUT2D eigenvalue weighted by molar-refractivity contribution is 7.89. The van der Waals surface area contributed by atoms with Gasteiger partial charge in [0.25, 0.3) is 0 Å². The third-order valence-electron chi connectivity index (χ3n) is 2.71. The molecule has 0 saturated heterocycles. The Bertz CT molecular complexity index is 725. The Morgan fingerprint density at radius 1 is 1.29 bits per heavy atom. The normalized spacial score (nSPS) is 12.8. The number of carbonyl (C=O) groups is 1. The summed E-state index contributed by atoms with van der Waals surface area (Å²) < 4.78 is 31.9. The van der Waals surface area contributed by atoms with E-state index in [0.29, 0.717) is 4.88 Å². The molecular formula is C13H13NO5S2. The van der Waals surface area contributed by atoms with Crippen molar-refractivity contribution in [3.63, 3.8) is 0 Å². The number of hydrogen-bond acceptors (Lipinski definition) is 5. The van der Waals surface area contributed by atoms with Crippen LogP contribution in [-0.4, -0.2) is 26.6 Å². The van der Waals surface area contributed by atoms with Crippen molar-refractivity contribution in [2.45, 2.75) is 10.9 Å². The summed E-state index contributed by atoms with van der Waals surface area (Å²) in [6.07, 6.45) is 0. The molecular weight excluding hydrogens is 314 g/mol. The third-order valence-corrected chi connectivity index (χ3v) is 5.11. The van der Waals surface area contributed by atoms with Crippen molar-refractivity contribution in [2.24, 2.45) is 0 Å². The van der Waals surface area contributed by atoms with E-state index in [9.17, 15) is 18.3 Å². The van der Waals surface area contributed by atoms with Crippen LogP contribution >= 0.6 is 11.3 Å². The molecule has 2 rings (SSSR count). The number of aliphatic carboxylic acids is 1. The molecule has 0 aliphatic heterocycles. The summed E-state index contributed by atoms with van der Waals surface area (Å²) in [5, 5.41) is 10.9. The van der Waals surface area contributed by atoms with Crippen LogP contribution in [0.25, 0.3) is 0 Å². The van der Waals surface area contributed by atoms with Gasteiger partial charge in [0, 0.05) is 4.88 Å². The minimum Gasteiger partial charge on any atom is -0.495 e. The smallest absolute Gasteiger partial charge is 0.327 e. The molecule has 1 unspecified atom stereocenters. The average Bonchev–Trinajstić information content (AvgIpc) is 2.98. The van der Waals surface area contributed by atoms with Crippen LogP contribution in [0.2, 0.25) is 0 Å². The van der Waals surface area contributed by atoms with Crippen molar-refractivity contribution < 1.29 is 23.1 Å². The van der Waals surface area contributed by atoms with Gasteiger partial charge < -0.3 is 9.84 Å². The van der Waals surface area contributed by atoms with Crippen molar-refractivity contribution in [3.05, 3.63) is 46.7 Å². The topological polar surface area (TPSA) is 92.7 Å². The molecule has 0 spiro atoms. The Morgan fingerprint density at radius 3 is 2.57 bits per heavy atom. The Labute approximate surface area is 126 Å². The highest BCUT2D eigenvalue weighted by Gasteiger charge is 2.29. The first-order valence-corrected chi connectivity index (χ1v) is 8.23. The van der Waals surface area contributed by atoms with E-state index in [-0.39, 0.29) is 10.6 Å². The van der Waals surface area contributed by atoms with E-state index in [1.54, 1.807) is 23.6 Å². The molecule has 21 heavy (non-hydrogen) atoms. The zero-order valence-corrected chi connectivity index (χ0v) is 12.6. The van der Waals surface area contributed by atoms with Gasteiger partial charge in [0.05, 0.1) is 7.11 Å². The lowest BCUT2D eigenvalue weighted by Gasteiger charge is -2.15. The second kappa shape index (κ2) is 6.25. The van der Waals surface area contributed by atoms with Gasteiger partial charge in [0.1, 0.15) is 10.6 Å². The largest absolute Gasteiger partial charge is 0.495 e. The number of rotatable bonds is 6. The Balaban J connectivity index is 2.38. The first-order valence-electron chi connectivity index (χ1n) is 5.87. The number of sulfonamides is 1. The molecule has 112 valence electrons. The van der Waals surface area contributed by atoms with Gasteiger partial charge in [-0.25, -0.2) is 8.42 Å². The number of thiophene rings is 1. The highest BCUT2D eigenvalue weighted by atomic mass is 32.2. The quantitative estimate of drug-likeness (QED) is 0.845. The van der Waals surface area contributed by atoms with Crippen LogP contribution in [0.4, 0.5) is 0 Å². The molecule has 0 aliphatic rings. The molecule has 1 aromatic heterocycles. The van der Waals surface area contributed by atoms with E-state index in [4.69, 9.17) is 4.74 Å². The molecule has 0 bridgehead atoms. The average molecular weight is 327 g/mol. The van der Waals surface area contributed by atoms with Gasteiger partial charge in [-0.2, -0.15) is 4.72 Å². The maximum Gasteiger partial charge on any atom is 0.327 e. The summed E-state index contributed by atoms with van der Waals surface area (Å²) in [6, 6.07) is 7.91. The molecule has 0 aliphatic carbocycles. The summed E-state index contributed by atoms with van der Waals surface area (Å²) >= 11 is 1.17. The van der Waals surface area contributed by atoms with E-state index in [2.05, 4.69) is 4.72 Å². The van der Waals surface area contributed by atoms with Crippen LogP contribution in [0.5, 0.6) is 5.75 Å². The van der Waals surface area contributed by atoms with Crippen LogP contribution in [-0.2, 0) is 14.8 Å². The van der Waals surface area contributed by atoms with Gasteiger partial charge in [-0.1, -0.05) is 18.2 Å². The lowest BCUT2D eigenvalue weighted by molar-refractivity contribution is -0.139. The molecule has 0 fully saturated rings. The number of methoxy groups -OCH3 is 1. The van der Waals surface area contributed by atoms with E-state index in [0.717, 1.165) is 0 Å². The summed E-state index contributed by atoms with van der Waals surface area (Å²) in [6.45, 7) is 0. The predicted octanol–water partition coefficient (Wildman–Crippen LogP) is 1.86. The van der Waals surface area contributed by atoms with Crippen LogP contribution in [0.15, 0.2) is 46.7 Å². The second-order valence-corrected chi connectivity index (χ2v) is 6.72. The van der Waals surface area contributed by atoms with Crippen molar-refractivity contribution in [3.8, 4) is 5.75 Å². The molecule has 8 heteroatoms. The van der Waals surface area contributed by atoms with Gasteiger partial charge in [-0.15, -0.1) is 11.3 Å². The fourth-order valence-corrected chi connectivity index (χ4v) is 3.93.